The molecular weight excluding hydrogens is 396 g/mol. The van der Waals surface area contributed by atoms with E-state index in [1.165, 1.54) is 31.0 Å². The topological polar surface area (TPSA) is 94.0 Å². The average Bonchev–Trinajstić information content (AvgIpc) is 3.00. The normalized spacial score (nSPS) is 15.5. The molecule has 0 saturated heterocycles. The number of carbonyl (C=O) groups is 1. The maximum Gasteiger partial charge on any atom is 0.230 e. The van der Waals surface area contributed by atoms with Crippen molar-refractivity contribution in [3.05, 3.63) is 35.7 Å². The number of hydrogen-bond acceptors (Lipinski definition) is 6. The van der Waals surface area contributed by atoms with E-state index in [1.54, 1.807) is 35.9 Å². The summed E-state index contributed by atoms with van der Waals surface area (Å²) >= 11 is 1.27. The van der Waals surface area contributed by atoms with Crippen LogP contribution in [0.2, 0.25) is 0 Å². The molecule has 1 N–H and O–H groups in total. The minimum absolute atomic E-state index is 0.0197. The van der Waals surface area contributed by atoms with Gasteiger partial charge in [-0.05, 0) is 31.9 Å². The molecule has 0 atom stereocenters. The van der Waals surface area contributed by atoms with E-state index in [1.807, 2.05) is 6.92 Å². The molecule has 0 spiro atoms. The number of amides is 1. The Kier molecular flexibility index (Phi) is 6.77. The lowest BCUT2D eigenvalue weighted by Crippen LogP contribution is -2.37. The van der Waals surface area contributed by atoms with E-state index in [-0.39, 0.29) is 28.4 Å². The second-order valence-electron chi connectivity index (χ2n) is 7.22. The van der Waals surface area contributed by atoms with Gasteiger partial charge in [-0.2, -0.15) is 0 Å². The lowest BCUT2D eigenvalue weighted by molar-refractivity contribution is -0.119. The smallest absolute Gasteiger partial charge is 0.230 e. The Labute approximate surface area is 170 Å². The third kappa shape index (κ3) is 5.35. The molecule has 1 aromatic carbocycles. The molecule has 0 unspecified atom stereocenters. The monoisotopic (exact) mass is 422 g/mol. The van der Waals surface area contributed by atoms with Gasteiger partial charge in [0, 0.05) is 13.1 Å². The summed E-state index contributed by atoms with van der Waals surface area (Å²) in [6, 6.07) is 7.03. The third-order valence-corrected chi connectivity index (χ3v) is 7.58. The number of benzene rings is 1. The van der Waals surface area contributed by atoms with Gasteiger partial charge >= 0.3 is 0 Å². The van der Waals surface area contributed by atoms with Crippen LogP contribution >= 0.6 is 11.8 Å². The van der Waals surface area contributed by atoms with Crippen molar-refractivity contribution in [3.63, 3.8) is 0 Å². The number of aryl methyl sites for hydroxylation is 1. The first-order chi connectivity index (χ1) is 13.3. The lowest BCUT2D eigenvalue weighted by Gasteiger charge is -2.22. The summed E-state index contributed by atoms with van der Waals surface area (Å²) in [7, 11) is -1.78. The van der Waals surface area contributed by atoms with Crippen LogP contribution in [0, 0.1) is 6.92 Å². The first-order valence-electron chi connectivity index (χ1n) is 9.45. The van der Waals surface area contributed by atoms with E-state index in [0.29, 0.717) is 11.0 Å². The van der Waals surface area contributed by atoms with Gasteiger partial charge in [0.05, 0.1) is 10.6 Å². The molecule has 3 rings (SSSR count). The Hall–Kier alpha value is -1.87. The van der Waals surface area contributed by atoms with Crippen LogP contribution in [0.3, 0.4) is 0 Å². The molecule has 0 bridgehead atoms. The third-order valence-electron chi connectivity index (χ3n) is 4.93. The van der Waals surface area contributed by atoms with E-state index in [4.69, 9.17) is 0 Å². The fraction of sp³-hybridized carbons (Fsp3) is 0.526. The van der Waals surface area contributed by atoms with Crippen LogP contribution in [-0.2, 0) is 27.4 Å². The molecule has 1 aliphatic carbocycles. The average molecular weight is 423 g/mol. The molecule has 1 amide bonds. The summed E-state index contributed by atoms with van der Waals surface area (Å²) in [6.45, 7) is 1.91. The van der Waals surface area contributed by atoms with Crippen LogP contribution in [0.5, 0.6) is 0 Å². The van der Waals surface area contributed by atoms with Crippen molar-refractivity contribution in [2.75, 3.05) is 5.75 Å². The highest BCUT2D eigenvalue weighted by atomic mass is 32.2. The Balaban J connectivity index is 1.58. The van der Waals surface area contributed by atoms with Crippen molar-refractivity contribution in [2.24, 2.45) is 7.05 Å². The van der Waals surface area contributed by atoms with Gasteiger partial charge in [-0.1, -0.05) is 48.7 Å². The minimum Gasteiger partial charge on any atom is -0.353 e. The molecule has 1 saturated carbocycles. The number of aromatic nitrogens is 3. The predicted molar refractivity (Wildman–Crippen MR) is 109 cm³/mol. The first kappa shape index (κ1) is 20.9. The highest BCUT2D eigenvalue weighted by Gasteiger charge is 2.21. The predicted octanol–water partition coefficient (Wildman–Crippen LogP) is 2.64. The zero-order valence-electron chi connectivity index (χ0n) is 16.2. The highest BCUT2D eigenvalue weighted by Crippen LogP contribution is 2.21. The quantitative estimate of drug-likeness (QED) is 0.690. The maximum atomic E-state index is 12.6. The summed E-state index contributed by atoms with van der Waals surface area (Å²) in [5, 5.41) is 11.7. The van der Waals surface area contributed by atoms with Crippen LogP contribution in [0.25, 0.3) is 0 Å². The second-order valence-corrected chi connectivity index (χ2v) is 10.2. The van der Waals surface area contributed by atoms with Gasteiger partial charge in [0.15, 0.2) is 15.0 Å². The van der Waals surface area contributed by atoms with E-state index in [2.05, 4.69) is 15.5 Å². The molecule has 1 aliphatic rings. The fourth-order valence-electron chi connectivity index (χ4n) is 3.24. The van der Waals surface area contributed by atoms with Crippen LogP contribution in [0.1, 0.15) is 43.5 Å². The standard InChI is InChI=1S/C19H26N4O3S2/c1-14-8-10-16(11-9-14)28(25,26)13-17-21-22-19(23(17)2)27-12-18(24)20-15-6-4-3-5-7-15/h8-11,15H,3-7,12-13H2,1-2H3,(H,20,24). The van der Waals surface area contributed by atoms with Crippen LogP contribution in [-0.4, -0.2) is 40.9 Å². The molecule has 9 heteroatoms. The second kappa shape index (κ2) is 9.09. The minimum atomic E-state index is -3.50. The number of thioether (sulfide) groups is 1. The Morgan fingerprint density at radius 2 is 1.86 bits per heavy atom. The van der Waals surface area contributed by atoms with Crippen molar-refractivity contribution in [1.82, 2.24) is 20.1 Å². The van der Waals surface area contributed by atoms with E-state index in [0.717, 1.165) is 18.4 Å². The Morgan fingerprint density at radius 1 is 1.18 bits per heavy atom. The zero-order chi connectivity index (χ0) is 20.1. The summed E-state index contributed by atoms with van der Waals surface area (Å²) in [5.41, 5.74) is 1.00. The number of nitrogens with one attached hydrogen (secondary N) is 1. The number of carbonyl (C=O) groups excluding carboxylic acids is 1. The zero-order valence-corrected chi connectivity index (χ0v) is 17.9. The van der Waals surface area contributed by atoms with E-state index >= 15 is 0 Å². The molecule has 28 heavy (non-hydrogen) atoms. The molecule has 0 aliphatic heterocycles. The van der Waals surface area contributed by atoms with Crippen LogP contribution in [0.15, 0.2) is 34.3 Å². The SMILES string of the molecule is Cc1ccc(S(=O)(=O)Cc2nnc(SCC(=O)NC3CCCCC3)n2C)cc1. The molecule has 0 radical (unpaired) electrons. The van der Waals surface area contributed by atoms with Crippen molar-refractivity contribution >= 4 is 27.5 Å². The van der Waals surface area contributed by atoms with Crippen molar-refractivity contribution < 1.29 is 13.2 Å². The first-order valence-corrected chi connectivity index (χ1v) is 12.1. The fourth-order valence-corrected chi connectivity index (χ4v) is 5.29. The molecule has 1 aromatic heterocycles. The molecule has 7 nitrogen and oxygen atoms in total. The van der Waals surface area contributed by atoms with Gasteiger partial charge in [0.2, 0.25) is 5.91 Å². The number of sulfone groups is 1. The number of rotatable bonds is 7. The Bertz CT molecular complexity index is 917. The molecule has 152 valence electrons. The lowest BCUT2D eigenvalue weighted by atomic mass is 9.95. The molecule has 2 aromatic rings. The van der Waals surface area contributed by atoms with Gasteiger partial charge in [-0.25, -0.2) is 8.42 Å². The van der Waals surface area contributed by atoms with E-state index in [9.17, 15) is 13.2 Å². The van der Waals surface area contributed by atoms with Crippen molar-refractivity contribution in [3.8, 4) is 0 Å². The Morgan fingerprint density at radius 3 is 2.54 bits per heavy atom. The summed E-state index contributed by atoms with van der Waals surface area (Å²) in [4.78, 5) is 12.4. The molecular formula is C19H26N4O3S2. The van der Waals surface area contributed by atoms with Gasteiger partial charge in [-0.15, -0.1) is 10.2 Å². The highest BCUT2D eigenvalue weighted by molar-refractivity contribution is 7.99. The van der Waals surface area contributed by atoms with Gasteiger partial charge < -0.3 is 9.88 Å². The van der Waals surface area contributed by atoms with Crippen molar-refractivity contribution in [1.29, 1.82) is 0 Å². The van der Waals surface area contributed by atoms with Gasteiger partial charge in [-0.3, -0.25) is 4.79 Å². The summed E-state index contributed by atoms with van der Waals surface area (Å²) < 4.78 is 26.9. The molecule has 1 heterocycles. The molecule has 1 fully saturated rings. The summed E-state index contributed by atoms with van der Waals surface area (Å²) in [5.74, 6) is 0.353. The maximum absolute atomic E-state index is 12.6. The van der Waals surface area contributed by atoms with Crippen LogP contribution < -0.4 is 5.32 Å². The van der Waals surface area contributed by atoms with Gasteiger partial charge in [0.25, 0.3) is 0 Å². The van der Waals surface area contributed by atoms with Crippen molar-refractivity contribution in [2.45, 2.75) is 60.9 Å². The van der Waals surface area contributed by atoms with Crippen LogP contribution in [0.4, 0.5) is 0 Å². The van der Waals surface area contributed by atoms with E-state index < -0.39 is 9.84 Å². The largest absolute Gasteiger partial charge is 0.353 e. The number of hydrogen-bond donors (Lipinski definition) is 1. The summed E-state index contributed by atoms with van der Waals surface area (Å²) in [6.07, 6.45) is 5.66. The number of nitrogens with zero attached hydrogens (tertiary/aromatic N) is 3. The van der Waals surface area contributed by atoms with Gasteiger partial charge in [0.1, 0.15) is 11.6 Å².